The number of rotatable bonds is 5. The second-order valence-corrected chi connectivity index (χ2v) is 5.51. The van der Waals surface area contributed by atoms with Crippen molar-refractivity contribution in [2.45, 2.75) is 17.4 Å². The number of hydrogen-bond acceptors (Lipinski definition) is 7. The zero-order valence-corrected chi connectivity index (χ0v) is 12.6. The summed E-state index contributed by atoms with van der Waals surface area (Å²) < 4.78 is 5.47. The molecule has 0 N–H and O–H groups in total. The van der Waals surface area contributed by atoms with Gasteiger partial charge in [-0.15, -0.1) is 10.2 Å². The van der Waals surface area contributed by atoms with Crippen molar-refractivity contribution in [1.82, 2.24) is 20.1 Å². The number of hydrogen-bond donors (Lipinski definition) is 0. The van der Waals surface area contributed by atoms with E-state index < -0.39 is 5.25 Å². The fourth-order valence-corrected chi connectivity index (χ4v) is 2.41. The van der Waals surface area contributed by atoms with Crippen molar-refractivity contribution in [2.75, 3.05) is 14.1 Å². The highest BCUT2D eigenvalue weighted by Gasteiger charge is 2.28. The van der Waals surface area contributed by atoms with E-state index in [1.807, 2.05) is 0 Å². The third-order valence-electron chi connectivity index (χ3n) is 2.59. The fraction of sp³-hybridized carbons (Fsp3) is 0.308. The summed E-state index contributed by atoms with van der Waals surface area (Å²) in [6, 6.07) is 3.46. The molecule has 0 fully saturated rings. The fourth-order valence-electron chi connectivity index (χ4n) is 1.51. The molecule has 0 aliphatic carbocycles. The summed E-state index contributed by atoms with van der Waals surface area (Å²) in [5.74, 6) is -0.252. The van der Waals surface area contributed by atoms with Gasteiger partial charge in [-0.25, -0.2) is 0 Å². The van der Waals surface area contributed by atoms with Gasteiger partial charge in [0.1, 0.15) is 0 Å². The molecule has 110 valence electrons. The van der Waals surface area contributed by atoms with Gasteiger partial charge in [0, 0.05) is 32.1 Å². The molecule has 1 atom stereocenters. The van der Waals surface area contributed by atoms with E-state index in [0.717, 1.165) is 17.3 Å². The Morgan fingerprint density at radius 1 is 1.24 bits per heavy atom. The molecule has 2 rings (SSSR count). The van der Waals surface area contributed by atoms with Crippen LogP contribution in [0.2, 0.25) is 0 Å². The Morgan fingerprint density at radius 2 is 1.90 bits per heavy atom. The number of carbonyl (C=O) groups is 2. The summed E-state index contributed by atoms with van der Waals surface area (Å²) in [5, 5.41) is 7.06. The van der Waals surface area contributed by atoms with Crippen LogP contribution in [0.3, 0.4) is 0 Å². The van der Waals surface area contributed by atoms with Gasteiger partial charge in [0.25, 0.3) is 5.22 Å². The first kappa shape index (κ1) is 15.2. The van der Waals surface area contributed by atoms with Crippen molar-refractivity contribution in [3.05, 3.63) is 24.5 Å². The molecule has 2 aromatic rings. The minimum Gasteiger partial charge on any atom is -0.411 e. The molecule has 0 aromatic carbocycles. The van der Waals surface area contributed by atoms with Crippen LogP contribution >= 0.6 is 11.8 Å². The molecule has 2 aromatic heterocycles. The SMILES string of the molecule is CC(=O)[C@@H](Sc1nnc(-c2ccncc2)o1)C(=O)N(C)C. The minimum atomic E-state index is -0.884. The van der Waals surface area contributed by atoms with Crippen molar-refractivity contribution < 1.29 is 14.0 Å². The van der Waals surface area contributed by atoms with Crippen LogP contribution in [0.5, 0.6) is 0 Å². The molecule has 0 aliphatic heterocycles. The smallest absolute Gasteiger partial charge is 0.278 e. The van der Waals surface area contributed by atoms with E-state index in [4.69, 9.17) is 4.42 Å². The van der Waals surface area contributed by atoms with Crippen LogP contribution in [0.4, 0.5) is 0 Å². The number of ketones is 1. The highest BCUT2D eigenvalue weighted by Crippen LogP contribution is 2.27. The first-order valence-corrected chi connectivity index (χ1v) is 6.99. The molecule has 2 heterocycles. The molecule has 0 unspecified atom stereocenters. The van der Waals surface area contributed by atoms with Crippen LogP contribution < -0.4 is 0 Å². The Bertz CT molecular complexity index is 642. The van der Waals surface area contributed by atoms with E-state index in [2.05, 4.69) is 15.2 Å². The number of carbonyl (C=O) groups excluding carboxylic acids is 2. The number of amides is 1. The first-order chi connectivity index (χ1) is 9.99. The van der Waals surface area contributed by atoms with Crippen LogP contribution in [-0.2, 0) is 9.59 Å². The lowest BCUT2D eigenvalue weighted by Crippen LogP contribution is -2.35. The van der Waals surface area contributed by atoms with E-state index in [1.54, 1.807) is 38.6 Å². The van der Waals surface area contributed by atoms with Gasteiger partial charge in [-0.2, -0.15) is 0 Å². The molecule has 0 spiro atoms. The molecule has 0 radical (unpaired) electrons. The van der Waals surface area contributed by atoms with Crippen LogP contribution in [0.15, 0.2) is 34.2 Å². The summed E-state index contributed by atoms with van der Waals surface area (Å²) in [7, 11) is 3.18. The normalized spacial score (nSPS) is 12.0. The molecule has 0 saturated heterocycles. The van der Waals surface area contributed by atoms with Crippen molar-refractivity contribution in [2.24, 2.45) is 0 Å². The lowest BCUT2D eigenvalue weighted by molar-refractivity contribution is -0.132. The summed E-state index contributed by atoms with van der Waals surface area (Å²) in [6.45, 7) is 1.36. The van der Waals surface area contributed by atoms with E-state index in [0.29, 0.717) is 5.89 Å². The Kier molecular flexibility index (Phi) is 4.69. The molecule has 0 bridgehead atoms. The van der Waals surface area contributed by atoms with Crippen molar-refractivity contribution >= 4 is 23.5 Å². The van der Waals surface area contributed by atoms with Crippen LogP contribution in [0.1, 0.15) is 6.92 Å². The van der Waals surface area contributed by atoms with Gasteiger partial charge in [-0.3, -0.25) is 14.6 Å². The molecular weight excluding hydrogens is 292 g/mol. The van der Waals surface area contributed by atoms with Crippen molar-refractivity contribution in [3.63, 3.8) is 0 Å². The van der Waals surface area contributed by atoms with Gasteiger partial charge in [-0.1, -0.05) is 0 Å². The van der Waals surface area contributed by atoms with Gasteiger partial charge in [0.15, 0.2) is 11.0 Å². The summed E-state index contributed by atoms with van der Waals surface area (Å²) >= 11 is 0.952. The second-order valence-electron chi connectivity index (χ2n) is 4.45. The summed E-state index contributed by atoms with van der Waals surface area (Å²) in [5.41, 5.74) is 0.725. The summed E-state index contributed by atoms with van der Waals surface area (Å²) in [4.78, 5) is 28.8. The van der Waals surface area contributed by atoms with Gasteiger partial charge in [0.05, 0.1) is 0 Å². The number of thioether (sulfide) groups is 1. The monoisotopic (exact) mass is 306 g/mol. The minimum absolute atomic E-state index is 0.178. The second kappa shape index (κ2) is 6.49. The largest absolute Gasteiger partial charge is 0.411 e. The van der Waals surface area contributed by atoms with Crippen LogP contribution in [0.25, 0.3) is 11.5 Å². The highest BCUT2D eigenvalue weighted by atomic mass is 32.2. The summed E-state index contributed by atoms with van der Waals surface area (Å²) in [6.07, 6.45) is 3.22. The molecule has 7 nitrogen and oxygen atoms in total. The average Bonchev–Trinajstić information content (AvgIpc) is 2.93. The highest BCUT2D eigenvalue weighted by molar-refractivity contribution is 8.01. The third kappa shape index (κ3) is 3.66. The number of pyridine rings is 1. The zero-order chi connectivity index (χ0) is 15.4. The molecule has 0 aliphatic rings. The molecule has 0 saturated carbocycles. The number of Topliss-reactive ketones (excluding diaryl/α,β-unsaturated/α-hetero) is 1. The topological polar surface area (TPSA) is 89.2 Å². The number of nitrogens with zero attached hydrogens (tertiary/aromatic N) is 4. The van der Waals surface area contributed by atoms with Crippen LogP contribution in [0, 0.1) is 0 Å². The molecule has 1 amide bonds. The number of aromatic nitrogens is 3. The van der Waals surface area contributed by atoms with Gasteiger partial charge < -0.3 is 9.32 Å². The Balaban J connectivity index is 2.18. The maximum absolute atomic E-state index is 12.0. The first-order valence-electron chi connectivity index (χ1n) is 6.11. The van der Waals surface area contributed by atoms with Crippen molar-refractivity contribution in [1.29, 1.82) is 0 Å². The van der Waals surface area contributed by atoms with Gasteiger partial charge >= 0.3 is 0 Å². The average molecular weight is 306 g/mol. The maximum Gasteiger partial charge on any atom is 0.278 e. The molecule has 8 heteroatoms. The van der Waals surface area contributed by atoms with E-state index >= 15 is 0 Å². The third-order valence-corrected chi connectivity index (χ3v) is 3.72. The zero-order valence-electron chi connectivity index (χ0n) is 11.8. The lowest BCUT2D eigenvalue weighted by atomic mass is 10.3. The quantitative estimate of drug-likeness (QED) is 0.607. The molecular formula is C13H14N4O3S. The molecule has 21 heavy (non-hydrogen) atoms. The standard InChI is InChI=1S/C13H14N4O3S/c1-8(18)10(12(19)17(2)3)21-13-16-15-11(20-13)9-4-6-14-7-5-9/h4-7,10H,1-3H3/t10-/m1/s1. The van der Waals surface area contributed by atoms with Gasteiger partial charge in [-0.05, 0) is 30.8 Å². The van der Waals surface area contributed by atoms with E-state index in [1.165, 1.54) is 11.8 Å². The Labute approximate surface area is 125 Å². The lowest BCUT2D eigenvalue weighted by Gasteiger charge is -2.15. The predicted octanol–water partition coefficient (Wildman–Crippen LogP) is 1.27. The van der Waals surface area contributed by atoms with E-state index in [9.17, 15) is 9.59 Å². The van der Waals surface area contributed by atoms with E-state index in [-0.39, 0.29) is 16.9 Å². The van der Waals surface area contributed by atoms with Crippen molar-refractivity contribution in [3.8, 4) is 11.5 Å². The maximum atomic E-state index is 12.0. The van der Waals surface area contributed by atoms with Gasteiger partial charge in [0.2, 0.25) is 11.8 Å². The van der Waals surface area contributed by atoms with Crippen LogP contribution in [-0.4, -0.2) is 51.1 Å². The Hall–Kier alpha value is -2.22. The predicted molar refractivity (Wildman–Crippen MR) is 76.5 cm³/mol. The Morgan fingerprint density at radius 3 is 2.48 bits per heavy atom.